The number of alkyl halides is 1. The highest BCUT2D eigenvalue weighted by molar-refractivity contribution is 9.10. The van der Waals surface area contributed by atoms with E-state index in [0.29, 0.717) is 41.7 Å². The molecule has 1 atom stereocenters. The van der Waals surface area contributed by atoms with E-state index in [1.165, 1.54) is 0 Å². The topological polar surface area (TPSA) is 35.5 Å². The maximum atomic E-state index is 12.2. The molecule has 0 saturated heterocycles. The average Bonchev–Trinajstić information content (AvgIpc) is 2.40. The zero-order valence-electron chi connectivity index (χ0n) is 11.3. The third kappa shape index (κ3) is 4.11. The Hall–Kier alpha value is -0.740. The number of rotatable bonds is 7. The molecule has 0 amide bonds. The van der Waals surface area contributed by atoms with Crippen LogP contribution >= 0.6 is 27.5 Å². The molecular formula is C14H18BrClO3. The summed E-state index contributed by atoms with van der Waals surface area (Å²) in [5.41, 5.74) is 0.456. The standard InChI is InChI=1S/C14H18BrClO3/c1-4-10(15)14(17)9-7-12(18-5-2)13(19-6-3)8-11(9)16/h7-8,10H,4-6H2,1-3H3. The molecule has 0 aliphatic heterocycles. The van der Waals surface area contributed by atoms with Crippen LogP contribution in [0.25, 0.3) is 0 Å². The number of hydrogen-bond acceptors (Lipinski definition) is 3. The lowest BCUT2D eigenvalue weighted by atomic mass is 10.1. The highest BCUT2D eigenvalue weighted by Crippen LogP contribution is 2.35. The van der Waals surface area contributed by atoms with Gasteiger partial charge in [-0.2, -0.15) is 0 Å². The molecule has 19 heavy (non-hydrogen) atoms. The zero-order valence-corrected chi connectivity index (χ0v) is 13.7. The van der Waals surface area contributed by atoms with E-state index >= 15 is 0 Å². The molecule has 5 heteroatoms. The van der Waals surface area contributed by atoms with Gasteiger partial charge in [-0.3, -0.25) is 4.79 Å². The first kappa shape index (κ1) is 16.3. The van der Waals surface area contributed by atoms with Crippen LogP contribution in [0.15, 0.2) is 12.1 Å². The van der Waals surface area contributed by atoms with Crippen molar-refractivity contribution in [1.82, 2.24) is 0 Å². The van der Waals surface area contributed by atoms with Gasteiger partial charge in [0.15, 0.2) is 17.3 Å². The lowest BCUT2D eigenvalue weighted by Crippen LogP contribution is -2.14. The summed E-state index contributed by atoms with van der Waals surface area (Å²) in [5.74, 6) is 1.07. The summed E-state index contributed by atoms with van der Waals surface area (Å²) in [6.45, 7) is 6.71. The fourth-order valence-electron chi connectivity index (χ4n) is 1.61. The largest absolute Gasteiger partial charge is 0.490 e. The van der Waals surface area contributed by atoms with E-state index in [9.17, 15) is 4.79 Å². The molecule has 0 aliphatic rings. The fourth-order valence-corrected chi connectivity index (χ4v) is 2.11. The summed E-state index contributed by atoms with van der Waals surface area (Å²) in [5, 5.41) is 0.384. The minimum Gasteiger partial charge on any atom is -0.490 e. The minimum absolute atomic E-state index is 0.0449. The molecule has 0 bridgehead atoms. The van der Waals surface area contributed by atoms with Crippen molar-refractivity contribution in [3.63, 3.8) is 0 Å². The molecule has 0 fully saturated rings. The monoisotopic (exact) mass is 348 g/mol. The van der Waals surface area contributed by atoms with Crippen molar-refractivity contribution < 1.29 is 14.3 Å². The van der Waals surface area contributed by atoms with Crippen LogP contribution in [0.3, 0.4) is 0 Å². The van der Waals surface area contributed by atoms with E-state index in [-0.39, 0.29) is 10.6 Å². The second-order valence-corrected chi connectivity index (χ2v) is 5.40. The van der Waals surface area contributed by atoms with Gasteiger partial charge in [0.05, 0.1) is 23.1 Å². The van der Waals surface area contributed by atoms with Crippen LogP contribution in [0, 0.1) is 0 Å². The minimum atomic E-state index is -0.238. The normalized spacial score (nSPS) is 12.1. The number of carbonyl (C=O) groups excluding carboxylic acids is 1. The molecule has 106 valence electrons. The van der Waals surface area contributed by atoms with Crippen molar-refractivity contribution in [2.75, 3.05) is 13.2 Å². The van der Waals surface area contributed by atoms with Gasteiger partial charge in [-0.25, -0.2) is 0 Å². The number of Topliss-reactive ketones (excluding diaryl/α,β-unsaturated/α-hetero) is 1. The quantitative estimate of drug-likeness (QED) is 0.537. The summed E-state index contributed by atoms with van der Waals surface area (Å²) in [6, 6.07) is 3.29. The Bertz CT molecular complexity index is 449. The number of ketones is 1. The summed E-state index contributed by atoms with van der Waals surface area (Å²) in [6.07, 6.45) is 0.701. The van der Waals surface area contributed by atoms with E-state index in [4.69, 9.17) is 21.1 Å². The molecule has 0 radical (unpaired) electrons. The highest BCUT2D eigenvalue weighted by atomic mass is 79.9. The first-order valence-corrected chi connectivity index (χ1v) is 7.61. The van der Waals surface area contributed by atoms with Crippen LogP contribution in [0.1, 0.15) is 37.6 Å². The van der Waals surface area contributed by atoms with Gasteiger partial charge < -0.3 is 9.47 Å². The number of halogens is 2. The van der Waals surface area contributed by atoms with Crippen LogP contribution < -0.4 is 9.47 Å². The predicted molar refractivity (Wildman–Crippen MR) is 81.1 cm³/mol. The van der Waals surface area contributed by atoms with Gasteiger partial charge in [-0.1, -0.05) is 34.5 Å². The molecule has 1 aromatic rings. The van der Waals surface area contributed by atoms with Gasteiger partial charge in [0, 0.05) is 11.6 Å². The summed E-state index contributed by atoms with van der Waals surface area (Å²) >= 11 is 9.50. The Morgan fingerprint density at radius 3 is 2.21 bits per heavy atom. The molecule has 1 unspecified atom stereocenters. The molecule has 1 aromatic carbocycles. The first-order valence-electron chi connectivity index (χ1n) is 6.32. The van der Waals surface area contributed by atoms with E-state index in [1.54, 1.807) is 12.1 Å². The lowest BCUT2D eigenvalue weighted by Gasteiger charge is -2.14. The Morgan fingerprint density at radius 2 is 1.74 bits per heavy atom. The number of carbonyl (C=O) groups is 1. The van der Waals surface area contributed by atoms with E-state index in [0.717, 1.165) is 0 Å². The van der Waals surface area contributed by atoms with Crippen molar-refractivity contribution in [1.29, 1.82) is 0 Å². The van der Waals surface area contributed by atoms with Crippen molar-refractivity contribution in [3.8, 4) is 11.5 Å². The Morgan fingerprint density at radius 1 is 1.21 bits per heavy atom. The van der Waals surface area contributed by atoms with Gasteiger partial charge >= 0.3 is 0 Å². The Kier molecular flexibility index (Phi) is 6.66. The van der Waals surface area contributed by atoms with Gasteiger partial charge in [0.25, 0.3) is 0 Å². The molecule has 0 N–H and O–H groups in total. The van der Waals surface area contributed by atoms with Crippen molar-refractivity contribution >= 4 is 33.3 Å². The molecule has 0 spiro atoms. The lowest BCUT2D eigenvalue weighted by molar-refractivity contribution is 0.0990. The maximum Gasteiger partial charge on any atom is 0.178 e. The number of ether oxygens (including phenoxy) is 2. The Balaban J connectivity index is 3.19. The second-order valence-electron chi connectivity index (χ2n) is 3.88. The molecule has 0 saturated carbocycles. The van der Waals surface area contributed by atoms with Crippen molar-refractivity contribution in [2.24, 2.45) is 0 Å². The fraction of sp³-hybridized carbons (Fsp3) is 0.500. The summed E-state index contributed by atoms with van der Waals surface area (Å²) in [4.78, 5) is 12.0. The van der Waals surface area contributed by atoms with Crippen LogP contribution in [-0.4, -0.2) is 23.8 Å². The van der Waals surface area contributed by atoms with Crippen molar-refractivity contribution in [2.45, 2.75) is 32.0 Å². The maximum absolute atomic E-state index is 12.2. The first-order chi connectivity index (χ1) is 9.04. The second kappa shape index (κ2) is 7.75. The third-order valence-electron chi connectivity index (χ3n) is 2.54. The molecule has 0 heterocycles. The van der Waals surface area contributed by atoms with Crippen LogP contribution in [0.5, 0.6) is 11.5 Å². The van der Waals surface area contributed by atoms with Crippen LogP contribution in [0.4, 0.5) is 0 Å². The van der Waals surface area contributed by atoms with Crippen LogP contribution in [-0.2, 0) is 0 Å². The van der Waals surface area contributed by atoms with Gasteiger partial charge in [0.1, 0.15) is 0 Å². The zero-order chi connectivity index (χ0) is 14.4. The molecular weight excluding hydrogens is 332 g/mol. The van der Waals surface area contributed by atoms with Crippen LogP contribution in [0.2, 0.25) is 5.02 Å². The molecule has 1 rings (SSSR count). The Labute approximate surface area is 127 Å². The van der Waals surface area contributed by atoms with Gasteiger partial charge in [0.2, 0.25) is 0 Å². The predicted octanol–water partition coefficient (Wildman–Crippen LogP) is 4.49. The molecule has 0 aliphatic carbocycles. The summed E-state index contributed by atoms with van der Waals surface area (Å²) < 4.78 is 11.0. The van der Waals surface area contributed by atoms with E-state index in [1.807, 2.05) is 20.8 Å². The average molecular weight is 350 g/mol. The summed E-state index contributed by atoms with van der Waals surface area (Å²) in [7, 11) is 0. The SMILES string of the molecule is CCOc1cc(Cl)c(C(=O)C(Br)CC)cc1OCC. The highest BCUT2D eigenvalue weighted by Gasteiger charge is 2.21. The smallest absolute Gasteiger partial charge is 0.178 e. The van der Waals surface area contributed by atoms with E-state index in [2.05, 4.69) is 15.9 Å². The number of benzene rings is 1. The van der Waals surface area contributed by atoms with Gasteiger partial charge in [-0.15, -0.1) is 0 Å². The molecule has 0 aromatic heterocycles. The van der Waals surface area contributed by atoms with Gasteiger partial charge in [-0.05, 0) is 26.3 Å². The van der Waals surface area contributed by atoms with Crippen molar-refractivity contribution in [3.05, 3.63) is 22.7 Å². The number of hydrogen-bond donors (Lipinski definition) is 0. The van der Waals surface area contributed by atoms with E-state index < -0.39 is 0 Å². The third-order valence-corrected chi connectivity index (χ3v) is 3.92. The molecule has 3 nitrogen and oxygen atoms in total.